The molecule has 0 saturated heterocycles. The summed E-state index contributed by atoms with van der Waals surface area (Å²) in [5.74, 6) is 0.741. The fraction of sp³-hybridized carbons (Fsp3) is 0.300. The molecule has 0 heterocycles. The molecule has 1 rings (SSSR count). The monoisotopic (exact) mass is 195 g/mol. The number of ether oxygens (including phenoxy) is 1. The zero-order chi connectivity index (χ0) is 9.68. The largest absolute Gasteiger partial charge is 0.497 e. The number of hydrogen-bond donors (Lipinski definition) is 0. The molecule has 3 heteroatoms. The molecule has 2 nitrogen and oxygen atoms in total. The highest BCUT2D eigenvalue weighted by Gasteiger charge is 2.01. The summed E-state index contributed by atoms with van der Waals surface area (Å²) >= 11 is 5.95. The molecular weight excluding hydrogens is 186 g/mol. The zero-order valence-corrected chi connectivity index (χ0v) is 8.14. The first-order chi connectivity index (χ1) is 6.27. The highest BCUT2D eigenvalue weighted by atomic mass is 35.5. The van der Waals surface area contributed by atoms with Crippen LogP contribution in [0.2, 0.25) is 5.02 Å². The molecule has 0 radical (unpaired) electrons. The number of benzene rings is 1. The van der Waals surface area contributed by atoms with Gasteiger partial charge >= 0.3 is 0 Å². The van der Waals surface area contributed by atoms with E-state index in [1.54, 1.807) is 13.2 Å². The second kappa shape index (κ2) is 4.74. The van der Waals surface area contributed by atoms with Crippen LogP contribution in [0.3, 0.4) is 0 Å². The maximum Gasteiger partial charge on any atom is 0.120 e. The van der Waals surface area contributed by atoms with Crippen molar-refractivity contribution in [2.24, 2.45) is 0 Å². The van der Waals surface area contributed by atoms with Crippen LogP contribution in [-0.2, 0) is 6.42 Å². The van der Waals surface area contributed by atoms with E-state index < -0.39 is 0 Å². The third-order valence-corrected chi connectivity index (χ3v) is 2.12. The summed E-state index contributed by atoms with van der Waals surface area (Å²) in [5.41, 5.74) is 0.990. The van der Waals surface area contributed by atoms with Gasteiger partial charge in [0.1, 0.15) is 5.75 Å². The lowest BCUT2D eigenvalue weighted by Crippen LogP contribution is -1.88. The van der Waals surface area contributed by atoms with Gasteiger partial charge in [-0.15, -0.1) is 0 Å². The number of nitriles is 1. The Hall–Kier alpha value is -1.20. The number of methoxy groups -OCH3 is 1. The van der Waals surface area contributed by atoms with Gasteiger partial charge in [0.15, 0.2) is 0 Å². The Labute approximate surface area is 82.7 Å². The van der Waals surface area contributed by atoms with E-state index in [9.17, 15) is 0 Å². The molecule has 0 aliphatic rings. The second-order valence-electron chi connectivity index (χ2n) is 2.62. The molecule has 0 aliphatic carbocycles. The lowest BCUT2D eigenvalue weighted by Gasteiger charge is -2.04. The van der Waals surface area contributed by atoms with E-state index in [0.717, 1.165) is 11.3 Å². The highest BCUT2D eigenvalue weighted by molar-refractivity contribution is 6.31. The van der Waals surface area contributed by atoms with E-state index in [0.29, 0.717) is 17.9 Å². The molecule has 1 aromatic rings. The molecule has 0 fully saturated rings. The molecule has 13 heavy (non-hydrogen) atoms. The molecule has 0 aliphatic heterocycles. The van der Waals surface area contributed by atoms with E-state index in [2.05, 4.69) is 6.07 Å². The molecule has 0 saturated carbocycles. The summed E-state index contributed by atoms with van der Waals surface area (Å²) in [7, 11) is 1.60. The van der Waals surface area contributed by atoms with Gasteiger partial charge in [-0.05, 0) is 24.1 Å². The third-order valence-electron chi connectivity index (χ3n) is 1.77. The maximum atomic E-state index is 8.40. The average Bonchev–Trinajstić information content (AvgIpc) is 2.16. The lowest BCUT2D eigenvalue weighted by atomic mass is 10.1. The molecule has 0 spiro atoms. The molecule has 0 unspecified atom stereocenters. The molecular formula is C10H10ClNO. The molecule has 0 aromatic heterocycles. The van der Waals surface area contributed by atoms with Gasteiger partial charge in [0.25, 0.3) is 0 Å². The van der Waals surface area contributed by atoms with Crippen molar-refractivity contribution in [3.05, 3.63) is 28.8 Å². The van der Waals surface area contributed by atoms with Crippen molar-refractivity contribution in [1.29, 1.82) is 5.26 Å². The third kappa shape index (κ3) is 2.64. The van der Waals surface area contributed by atoms with E-state index in [-0.39, 0.29) is 0 Å². The van der Waals surface area contributed by atoms with Crippen LogP contribution >= 0.6 is 11.6 Å². The molecule has 68 valence electrons. The van der Waals surface area contributed by atoms with E-state index in [1.807, 2.05) is 12.1 Å². The SMILES string of the molecule is COc1ccc(CCC#N)c(Cl)c1. The summed E-state index contributed by atoms with van der Waals surface area (Å²) in [6.45, 7) is 0. The van der Waals surface area contributed by atoms with Crippen LogP contribution in [0, 0.1) is 11.3 Å². The van der Waals surface area contributed by atoms with Gasteiger partial charge in [0, 0.05) is 11.4 Å². The Morgan fingerprint density at radius 1 is 1.54 bits per heavy atom. The average molecular weight is 196 g/mol. The van der Waals surface area contributed by atoms with E-state index in [1.165, 1.54) is 0 Å². The summed E-state index contributed by atoms with van der Waals surface area (Å²) in [5, 5.41) is 9.06. The number of rotatable bonds is 3. The topological polar surface area (TPSA) is 33.0 Å². The fourth-order valence-corrected chi connectivity index (χ4v) is 1.31. The Morgan fingerprint density at radius 2 is 2.31 bits per heavy atom. The van der Waals surface area contributed by atoms with Crippen molar-refractivity contribution in [2.45, 2.75) is 12.8 Å². The van der Waals surface area contributed by atoms with Crippen molar-refractivity contribution in [1.82, 2.24) is 0 Å². The Morgan fingerprint density at radius 3 is 2.85 bits per heavy atom. The summed E-state index contributed by atoms with van der Waals surface area (Å²) in [6.07, 6.45) is 1.19. The van der Waals surface area contributed by atoms with Gasteiger partial charge in [-0.25, -0.2) is 0 Å². The van der Waals surface area contributed by atoms with Gasteiger partial charge in [-0.3, -0.25) is 0 Å². The summed E-state index contributed by atoms with van der Waals surface area (Å²) < 4.78 is 5.01. The normalized spacial score (nSPS) is 9.31. The van der Waals surface area contributed by atoms with Crippen LogP contribution < -0.4 is 4.74 Å². The van der Waals surface area contributed by atoms with Crippen molar-refractivity contribution in [3.8, 4) is 11.8 Å². The van der Waals surface area contributed by atoms with Gasteiger partial charge in [0.05, 0.1) is 13.2 Å². The standard InChI is InChI=1S/C10H10ClNO/c1-13-9-5-4-8(3-2-6-12)10(11)7-9/h4-5,7H,2-3H2,1H3. The summed E-state index contributed by atoms with van der Waals surface area (Å²) in [4.78, 5) is 0. The maximum absolute atomic E-state index is 8.40. The Balaban J connectivity index is 2.80. The minimum atomic E-state index is 0.492. The number of hydrogen-bond acceptors (Lipinski definition) is 2. The summed E-state index contributed by atoms with van der Waals surface area (Å²) in [6, 6.07) is 7.57. The van der Waals surface area contributed by atoms with Crippen molar-refractivity contribution in [3.63, 3.8) is 0 Å². The first kappa shape index (κ1) is 9.88. The first-order valence-electron chi connectivity index (χ1n) is 3.97. The highest BCUT2D eigenvalue weighted by Crippen LogP contribution is 2.23. The van der Waals surface area contributed by atoms with Crippen LogP contribution in [0.4, 0.5) is 0 Å². The van der Waals surface area contributed by atoms with Gasteiger partial charge in [-0.2, -0.15) is 5.26 Å². The lowest BCUT2D eigenvalue weighted by molar-refractivity contribution is 0.414. The van der Waals surface area contributed by atoms with Crippen LogP contribution in [0.15, 0.2) is 18.2 Å². The van der Waals surface area contributed by atoms with Crippen LogP contribution in [0.1, 0.15) is 12.0 Å². The van der Waals surface area contributed by atoms with E-state index in [4.69, 9.17) is 21.6 Å². The van der Waals surface area contributed by atoms with Crippen LogP contribution in [0.25, 0.3) is 0 Å². The minimum Gasteiger partial charge on any atom is -0.497 e. The smallest absolute Gasteiger partial charge is 0.120 e. The van der Waals surface area contributed by atoms with Crippen LogP contribution in [0.5, 0.6) is 5.75 Å². The number of nitrogens with zero attached hydrogens (tertiary/aromatic N) is 1. The van der Waals surface area contributed by atoms with Crippen molar-refractivity contribution >= 4 is 11.6 Å². The van der Waals surface area contributed by atoms with Crippen molar-refractivity contribution < 1.29 is 4.74 Å². The predicted octanol–water partition coefficient (Wildman–Crippen LogP) is 2.80. The predicted molar refractivity (Wildman–Crippen MR) is 51.9 cm³/mol. The molecule has 0 atom stereocenters. The van der Waals surface area contributed by atoms with Gasteiger partial charge < -0.3 is 4.74 Å². The minimum absolute atomic E-state index is 0.492. The quantitative estimate of drug-likeness (QED) is 0.743. The Kier molecular flexibility index (Phi) is 3.60. The van der Waals surface area contributed by atoms with E-state index >= 15 is 0 Å². The Bertz CT molecular complexity index is 330. The zero-order valence-electron chi connectivity index (χ0n) is 7.38. The molecule has 0 amide bonds. The van der Waals surface area contributed by atoms with Crippen molar-refractivity contribution in [2.75, 3.05) is 7.11 Å². The van der Waals surface area contributed by atoms with Gasteiger partial charge in [0.2, 0.25) is 0 Å². The van der Waals surface area contributed by atoms with Crippen LogP contribution in [-0.4, -0.2) is 7.11 Å². The van der Waals surface area contributed by atoms with Gasteiger partial charge in [-0.1, -0.05) is 17.7 Å². The number of aryl methyl sites for hydroxylation is 1. The molecule has 0 bridgehead atoms. The molecule has 0 N–H and O–H groups in total. The fourth-order valence-electron chi connectivity index (χ4n) is 1.05. The second-order valence-corrected chi connectivity index (χ2v) is 3.02. The number of halogens is 1. The first-order valence-corrected chi connectivity index (χ1v) is 4.35. The molecule has 1 aromatic carbocycles.